The highest BCUT2D eigenvalue weighted by Crippen LogP contribution is 2.53. The lowest BCUT2D eigenvalue weighted by atomic mass is 9.84. The third-order valence-electron chi connectivity index (χ3n) is 12.0. The molecule has 0 radical (unpaired) electrons. The van der Waals surface area contributed by atoms with Gasteiger partial charge in [-0.3, -0.25) is 0 Å². The Morgan fingerprint density at radius 2 is 0.845 bits per heavy atom. The Bertz CT molecular complexity index is 3380. The summed E-state index contributed by atoms with van der Waals surface area (Å²) in [6.07, 6.45) is 0. The fourth-order valence-electron chi connectivity index (χ4n) is 9.49. The molecule has 3 nitrogen and oxygen atoms in total. The first-order chi connectivity index (χ1) is 28.6. The molecule has 0 fully saturated rings. The molecule has 0 spiro atoms. The van der Waals surface area contributed by atoms with Crippen LogP contribution < -0.4 is 9.80 Å². The summed E-state index contributed by atoms with van der Waals surface area (Å²) in [4.78, 5) is 4.84. The van der Waals surface area contributed by atoms with Crippen molar-refractivity contribution in [3.63, 3.8) is 0 Å². The van der Waals surface area contributed by atoms with Crippen molar-refractivity contribution in [3.05, 3.63) is 205 Å². The number of benzene rings is 11. The molecule has 0 amide bonds. The average molecular weight is 740 g/mol. The zero-order chi connectivity index (χ0) is 38.9. The highest BCUT2D eigenvalue weighted by atomic mass is 15.2. The van der Waals surface area contributed by atoms with Crippen LogP contribution in [0.1, 0.15) is 16.7 Å². The molecule has 0 aromatic heterocycles. The van der Waals surface area contributed by atoms with Gasteiger partial charge in [0.1, 0.15) is 0 Å². The Labute approximate surface area is 337 Å². The highest BCUT2D eigenvalue weighted by molar-refractivity contribution is 6.38. The molecule has 3 heteroatoms. The first-order valence-electron chi connectivity index (χ1n) is 19.8. The minimum absolute atomic E-state index is 0.634. The molecule has 0 aliphatic rings. The van der Waals surface area contributed by atoms with E-state index < -0.39 is 0 Å². The molecule has 11 aromatic carbocycles. The quantitative estimate of drug-likeness (QED) is 0.126. The molecular formula is C55H37N3. The summed E-state index contributed by atoms with van der Waals surface area (Å²) in [6.45, 7) is 4.52. The molecule has 58 heavy (non-hydrogen) atoms. The summed E-state index contributed by atoms with van der Waals surface area (Å²) in [6, 6.07) is 69.9. The lowest BCUT2D eigenvalue weighted by Crippen LogP contribution is -2.13. The molecule has 0 unspecified atom stereocenters. The molecule has 0 N–H and O–H groups in total. The van der Waals surface area contributed by atoms with Gasteiger partial charge in [-0.25, -0.2) is 0 Å². The van der Waals surface area contributed by atoms with Crippen LogP contribution in [0.25, 0.3) is 64.6 Å². The van der Waals surface area contributed by atoms with Crippen molar-refractivity contribution in [2.24, 2.45) is 0 Å². The van der Waals surface area contributed by atoms with Crippen molar-refractivity contribution >= 4 is 98.8 Å². The number of rotatable bonds is 6. The lowest BCUT2D eigenvalue weighted by molar-refractivity contribution is 1.29. The van der Waals surface area contributed by atoms with Gasteiger partial charge in [0, 0.05) is 44.0 Å². The summed E-state index contributed by atoms with van der Waals surface area (Å²) < 4.78 is 0. The van der Waals surface area contributed by atoms with E-state index in [1.807, 2.05) is 12.1 Å². The predicted octanol–water partition coefficient (Wildman–Crippen LogP) is 15.5. The fourth-order valence-corrected chi connectivity index (χ4v) is 9.49. The van der Waals surface area contributed by atoms with Crippen molar-refractivity contribution in [2.45, 2.75) is 13.8 Å². The minimum atomic E-state index is 0.634. The molecule has 0 saturated heterocycles. The number of hydrogen-bond acceptors (Lipinski definition) is 3. The topological polar surface area (TPSA) is 30.3 Å². The van der Waals surface area contributed by atoms with Gasteiger partial charge >= 0.3 is 0 Å². The second-order valence-electron chi connectivity index (χ2n) is 15.3. The second-order valence-corrected chi connectivity index (χ2v) is 15.3. The van der Waals surface area contributed by atoms with Gasteiger partial charge in [0.25, 0.3) is 0 Å². The SMILES string of the molecule is Cc1cc(N(c2ccccc2)c2ccccc2)c2c3ccccc3c3c(C)cc(N(c4ccc(C#N)cc4)c4cc5ccccc5c5ccccc45)c4ccc1c2c43. The molecule has 11 rings (SSSR count). The van der Waals surface area contributed by atoms with Gasteiger partial charge in [-0.15, -0.1) is 0 Å². The molecular weight excluding hydrogens is 703 g/mol. The summed E-state index contributed by atoms with van der Waals surface area (Å²) in [5, 5.41) is 24.6. The van der Waals surface area contributed by atoms with E-state index in [0.29, 0.717) is 5.56 Å². The third kappa shape index (κ3) is 5.06. The number of hydrogen-bond donors (Lipinski definition) is 0. The van der Waals surface area contributed by atoms with E-state index in [1.165, 1.54) is 75.8 Å². The van der Waals surface area contributed by atoms with E-state index >= 15 is 0 Å². The molecule has 11 aromatic rings. The summed E-state index contributed by atoms with van der Waals surface area (Å²) in [5.74, 6) is 0. The van der Waals surface area contributed by atoms with Gasteiger partial charge in [0.05, 0.1) is 28.7 Å². The number of para-hydroxylation sites is 2. The molecule has 0 aliphatic carbocycles. The van der Waals surface area contributed by atoms with E-state index in [2.05, 4.69) is 206 Å². The molecule has 272 valence electrons. The highest BCUT2D eigenvalue weighted by Gasteiger charge is 2.26. The van der Waals surface area contributed by atoms with Crippen LogP contribution >= 0.6 is 0 Å². The van der Waals surface area contributed by atoms with Gasteiger partial charge < -0.3 is 9.80 Å². The molecule has 0 aliphatic heterocycles. The smallest absolute Gasteiger partial charge is 0.0991 e. The van der Waals surface area contributed by atoms with Gasteiger partial charge in [-0.2, -0.15) is 5.26 Å². The van der Waals surface area contributed by atoms with E-state index in [0.717, 1.165) is 34.1 Å². The number of nitriles is 1. The Morgan fingerprint density at radius 1 is 0.345 bits per heavy atom. The van der Waals surface area contributed by atoms with Crippen LogP contribution in [0.3, 0.4) is 0 Å². The fraction of sp³-hybridized carbons (Fsp3) is 0.0364. The number of nitrogens with zero attached hydrogens (tertiary/aromatic N) is 3. The van der Waals surface area contributed by atoms with Crippen LogP contribution in [0.2, 0.25) is 0 Å². The van der Waals surface area contributed by atoms with Crippen LogP contribution in [-0.2, 0) is 0 Å². The Balaban J connectivity index is 1.31. The third-order valence-corrected chi connectivity index (χ3v) is 12.0. The molecule has 0 bridgehead atoms. The van der Waals surface area contributed by atoms with Crippen LogP contribution in [-0.4, -0.2) is 0 Å². The summed E-state index contributed by atoms with van der Waals surface area (Å²) in [5.41, 5.74) is 9.63. The largest absolute Gasteiger partial charge is 0.310 e. The van der Waals surface area contributed by atoms with Crippen molar-refractivity contribution in [1.82, 2.24) is 0 Å². The van der Waals surface area contributed by atoms with Gasteiger partial charge in [-0.05, 0) is 129 Å². The van der Waals surface area contributed by atoms with Crippen LogP contribution in [0, 0.1) is 25.2 Å². The zero-order valence-electron chi connectivity index (χ0n) is 32.2. The molecule has 0 saturated carbocycles. The second kappa shape index (κ2) is 13.2. The minimum Gasteiger partial charge on any atom is -0.310 e. The molecule has 0 heterocycles. The van der Waals surface area contributed by atoms with E-state index in [1.54, 1.807) is 0 Å². The number of fused-ring (bicyclic) bond motifs is 6. The van der Waals surface area contributed by atoms with Crippen molar-refractivity contribution in [1.29, 1.82) is 5.26 Å². The van der Waals surface area contributed by atoms with E-state index in [9.17, 15) is 5.26 Å². The maximum absolute atomic E-state index is 9.84. The summed E-state index contributed by atoms with van der Waals surface area (Å²) in [7, 11) is 0. The number of aryl methyl sites for hydroxylation is 2. The van der Waals surface area contributed by atoms with Gasteiger partial charge in [0.2, 0.25) is 0 Å². The number of anilines is 6. The van der Waals surface area contributed by atoms with Crippen LogP contribution in [0.4, 0.5) is 34.1 Å². The van der Waals surface area contributed by atoms with Crippen molar-refractivity contribution in [3.8, 4) is 6.07 Å². The normalized spacial score (nSPS) is 11.6. The standard InChI is InChI=1S/C55H37N3/c1-35-31-51(57(39-16-5-3-6-17-39)40-18-7-4-8-19-40)53-47-24-14-13-23-46(47)52-36(2)32-49(48-30-29-42(35)54(53)55(48)52)58(41-27-25-37(34-56)26-28-41)50-33-38-15-9-10-20-43(38)44-21-11-12-22-45(44)50/h3-33H,1-2H3. The van der Waals surface area contributed by atoms with Crippen molar-refractivity contribution < 1.29 is 0 Å². The van der Waals surface area contributed by atoms with E-state index in [4.69, 9.17) is 0 Å². The van der Waals surface area contributed by atoms with Gasteiger partial charge in [0.15, 0.2) is 0 Å². The van der Waals surface area contributed by atoms with Crippen molar-refractivity contribution in [2.75, 3.05) is 9.80 Å². The summed E-state index contributed by atoms with van der Waals surface area (Å²) >= 11 is 0. The Kier molecular flexibility index (Phi) is 7.67. The molecule has 0 atom stereocenters. The average Bonchev–Trinajstić information content (AvgIpc) is 3.28. The first-order valence-corrected chi connectivity index (χ1v) is 19.8. The van der Waals surface area contributed by atoms with E-state index in [-0.39, 0.29) is 0 Å². The first kappa shape index (κ1) is 33.6. The Hall–Kier alpha value is -7.67. The van der Waals surface area contributed by atoms with Crippen LogP contribution in [0.5, 0.6) is 0 Å². The zero-order valence-corrected chi connectivity index (χ0v) is 32.2. The monoisotopic (exact) mass is 739 g/mol. The van der Waals surface area contributed by atoms with Crippen LogP contribution in [0.15, 0.2) is 188 Å². The van der Waals surface area contributed by atoms with Gasteiger partial charge in [-0.1, -0.05) is 121 Å². The maximum atomic E-state index is 9.84. The predicted molar refractivity (Wildman–Crippen MR) is 246 cm³/mol. The Morgan fingerprint density at radius 3 is 1.52 bits per heavy atom. The lowest BCUT2D eigenvalue weighted by Gasteiger charge is -2.32. The maximum Gasteiger partial charge on any atom is 0.0991 e.